The Bertz CT molecular complexity index is 628. The van der Waals surface area contributed by atoms with Crippen LogP contribution in [0.1, 0.15) is 13.8 Å². The molecule has 0 spiro atoms. The average molecular weight is 377 g/mol. The van der Waals surface area contributed by atoms with Gasteiger partial charge in [0.2, 0.25) is 0 Å². The Morgan fingerprint density at radius 2 is 1.56 bits per heavy atom. The monoisotopic (exact) mass is 376 g/mol. The van der Waals surface area contributed by atoms with Crippen molar-refractivity contribution in [3.63, 3.8) is 0 Å². The number of rotatable bonds is 14. The normalized spacial score (nSPS) is 11.4. The minimum Gasteiger partial charge on any atom is -0.399 e. The van der Waals surface area contributed by atoms with Gasteiger partial charge >= 0.3 is 0 Å². The van der Waals surface area contributed by atoms with Crippen molar-refractivity contribution in [3.8, 4) is 11.3 Å². The minimum atomic E-state index is 0.492. The van der Waals surface area contributed by atoms with E-state index in [1.807, 2.05) is 35.0 Å². The predicted octanol–water partition coefficient (Wildman–Crippen LogP) is 2.18. The van der Waals surface area contributed by atoms with Gasteiger partial charge in [0, 0.05) is 24.5 Å². The van der Waals surface area contributed by atoms with E-state index in [-0.39, 0.29) is 0 Å². The second-order valence-corrected chi connectivity index (χ2v) is 6.51. The molecule has 0 fully saturated rings. The van der Waals surface area contributed by atoms with Crippen LogP contribution in [0.2, 0.25) is 0 Å². The number of hydrogen-bond acceptors (Lipinski definition) is 6. The number of nitrogens with zero attached hydrogens (tertiary/aromatic N) is 2. The highest BCUT2D eigenvalue weighted by molar-refractivity contribution is 5.61. The first-order chi connectivity index (χ1) is 13.2. The number of hydrogen-bond donors (Lipinski definition) is 2. The Hall–Kier alpha value is -1.93. The fraction of sp³-hybridized carbons (Fsp3) is 0.550. The fourth-order valence-electron chi connectivity index (χ4n) is 2.52. The standard InChI is InChI=1S/C20H32N4O3/c1-17(2)22-9-11-25-13-15-27-16-14-26-12-10-24-20(7-8-23-24)18-3-5-19(21)6-4-18/h3-8,17,22H,9-16,21H2,1-2H3. The van der Waals surface area contributed by atoms with Gasteiger partial charge in [0.1, 0.15) is 0 Å². The van der Waals surface area contributed by atoms with Crippen LogP contribution in [0.25, 0.3) is 11.3 Å². The van der Waals surface area contributed by atoms with Crippen LogP contribution in [0.3, 0.4) is 0 Å². The van der Waals surface area contributed by atoms with Crippen LogP contribution < -0.4 is 11.1 Å². The molecule has 2 rings (SSSR count). The molecule has 0 unspecified atom stereocenters. The maximum absolute atomic E-state index is 5.74. The molecule has 0 saturated carbocycles. The lowest BCUT2D eigenvalue weighted by Gasteiger charge is -2.10. The van der Waals surface area contributed by atoms with Gasteiger partial charge in [-0.05, 0) is 23.8 Å². The van der Waals surface area contributed by atoms with Crippen LogP contribution in [0, 0.1) is 0 Å². The van der Waals surface area contributed by atoms with Crippen LogP contribution in [0.4, 0.5) is 5.69 Å². The van der Waals surface area contributed by atoms with Crippen LogP contribution in [0.15, 0.2) is 36.5 Å². The number of ether oxygens (including phenoxy) is 3. The third-order valence-corrected chi connectivity index (χ3v) is 3.91. The van der Waals surface area contributed by atoms with E-state index >= 15 is 0 Å². The van der Waals surface area contributed by atoms with Gasteiger partial charge < -0.3 is 25.3 Å². The highest BCUT2D eigenvalue weighted by Crippen LogP contribution is 2.20. The number of aromatic nitrogens is 2. The first-order valence-electron chi connectivity index (χ1n) is 9.51. The average Bonchev–Trinajstić information content (AvgIpc) is 3.11. The molecule has 0 aliphatic rings. The number of nitrogen functional groups attached to an aromatic ring is 1. The van der Waals surface area contributed by atoms with Gasteiger partial charge in [-0.25, -0.2) is 0 Å². The summed E-state index contributed by atoms with van der Waals surface area (Å²) in [6.07, 6.45) is 1.80. The van der Waals surface area contributed by atoms with Crippen molar-refractivity contribution < 1.29 is 14.2 Å². The van der Waals surface area contributed by atoms with Gasteiger partial charge in [0.15, 0.2) is 0 Å². The molecule has 27 heavy (non-hydrogen) atoms. The molecule has 2 aromatic rings. The molecule has 1 heterocycles. The van der Waals surface area contributed by atoms with Gasteiger partial charge in [0.25, 0.3) is 0 Å². The molecule has 3 N–H and O–H groups in total. The molecule has 7 heteroatoms. The van der Waals surface area contributed by atoms with Gasteiger partial charge in [0.05, 0.1) is 51.9 Å². The summed E-state index contributed by atoms with van der Waals surface area (Å²) in [5.74, 6) is 0. The van der Waals surface area contributed by atoms with E-state index in [9.17, 15) is 0 Å². The summed E-state index contributed by atoms with van der Waals surface area (Å²) < 4.78 is 18.5. The summed E-state index contributed by atoms with van der Waals surface area (Å²) in [5, 5.41) is 7.66. The molecule has 7 nitrogen and oxygen atoms in total. The zero-order chi connectivity index (χ0) is 19.3. The quantitative estimate of drug-likeness (QED) is 0.388. The summed E-state index contributed by atoms with van der Waals surface area (Å²) in [7, 11) is 0. The molecule has 0 aliphatic carbocycles. The van der Waals surface area contributed by atoms with Crippen molar-refractivity contribution in [1.82, 2.24) is 15.1 Å². The number of benzene rings is 1. The number of nitrogens with two attached hydrogens (primary N) is 1. The fourth-order valence-corrected chi connectivity index (χ4v) is 2.52. The largest absolute Gasteiger partial charge is 0.399 e. The molecular formula is C20H32N4O3. The second-order valence-electron chi connectivity index (χ2n) is 6.51. The van der Waals surface area contributed by atoms with Crippen LogP contribution in [-0.2, 0) is 20.8 Å². The Kier molecular flexibility index (Phi) is 9.86. The van der Waals surface area contributed by atoms with Crippen molar-refractivity contribution in [2.24, 2.45) is 0 Å². The SMILES string of the molecule is CC(C)NCCOCCOCCOCCn1nccc1-c1ccc(N)cc1. The van der Waals surface area contributed by atoms with E-state index in [1.165, 1.54) is 0 Å². The summed E-state index contributed by atoms with van der Waals surface area (Å²) in [4.78, 5) is 0. The number of anilines is 1. The Morgan fingerprint density at radius 1 is 0.926 bits per heavy atom. The van der Waals surface area contributed by atoms with Crippen molar-refractivity contribution >= 4 is 5.69 Å². The van der Waals surface area contributed by atoms with E-state index in [1.54, 1.807) is 6.20 Å². The molecule has 1 aromatic heterocycles. The molecule has 0 aliphatic heterocycles. The van der Waals surface area contributed by atoms with Gasteiger partial charge in [-0.15, -0.1) is 0 Å². The van der Waals surface area contributed by atoms with E-state index in [0.29, 0.717) is 52.2 Å². The van der Waals surface area contributed by atoms with Crippen LogP contribution in [-0.4, -0.2) is 62.0 Å². The molecule has 0 amide bonds. The lowest BCUT2D eigenvalue weighted by Crippen LogP contribution is -2.27. The van der Waals surface area contributed by atoms with E-state index < -0.39 is 0 Å². The third kappa shape index (κ3) is 8.53. The maximum Gasteiger partial charge on any atom is 0.0701 e. The third-order valence-electron chi connectivity index (χ3n) is 3.91. The van der Waals surface area contributed by atoms with Gasteiger partial charge in [-0.3, -0.25) is 4.68 Å². The molecule has 0 saturated heterocycles. The molecular weight excluding hydrogens is 344 g/mol. The van der Waals surface area contributed by atoms with Crippen LogP contribution in [0.5, 0.6) is 0 Å². The molecule has 0 atom stereocenters. The van der Waals surface area contributed by atoms with Gasteiger partial charge in [-0.2, -0.15) is 5.10 Å². The first kappa shape index (κ1) is 21.4. The highest BCUT2D eigenvalue weighted by atomic mass is 16.5. The minimum absolute atomic E-state index is 0.492. The smallest absolute Gasteiger partial charge is 0.0701 e. The second kappa shape index (κ2) is 12.5. The van der Waals surface area contributed by atoms with Crippen LogP contribution >= 0.6 is 0 Å². The lowest BCUT2D eigenvalue weighted by atomic mass is 10.1. The predicted molar refractivity (Wildman–Crippen MR) is 108 cm³/mol. The van der Waals surface area contributed by atoms with Crippen molar-refractivity contribution in [3.05, 3.63) is 36.5 Å². The maximum atomic E-state index is 5.74. The Labute approximate surface area is 161 Å². The Balaban J connectivity index is 1.51. The summed E-state index contributed by atoms with van der Waals surface area (Å²) in [6.45, 7) is 9.42. The first-order valence-corrected chi connectivity index (χ1v) is 9.51. The van der Waals surface area contributed by atoms with E-state index in [0.717, 1.165) is 23.5 Å². The van der Waals surface area contributed by atoms with E-state index in [4.69, 9.17) is 19.9 Å². The summed E-state index contributed by atoms with van der Waals surface area (Å²) >= 11 is 0. The number of nitrogens with one attached hydrogen (secondary N) is 1. The summed E-state index contributed by atoms with van der Waals surface area (Å²) in [6, 6.07) is 10.3. The molecule has 1 aromatic carbocycles. The summed E-state index contributed by atoms with van der Waals surface area (Å²) in [5.41, 5.74) is 8.64. The molecule has 0 radical (unpaired) electrons. The lowest BCUT2D eigenvalue weighted by molar-refractivity contribution is 0.0132. The zero-order valence-corrected chi connectivity index (χ0v) is 16.4. The highest BCUT2D eigenvalue weighted by Gasteiger charge is 2.05. The Morgan fingerprint density at radius 3 is 2.22 bits per heavy atom. The van der Waals surface area contributed by atoms with E-state index in [2.05, 4.69) is 24.3 Å². The molecule has 0 bridgehead atoms. The zero-order valence-electron chi connectivity index (χ0n) is 16.4. The topological polar surface area (TPSA) is 83.6 Å². The van der Waals surface area contributed by atoms with Crippen molar-refractivity contribution in [2.45, 2.75) is 26.4 Å². The van der Waals surface area contributed by atoms with Crippen molar-refractivity contribution in [1.29, 1.82) is 0 Å². The molecule has 150 valence electrons. The van der Waals surface area contributed by atoms with Crippen molar-refractivity contribution in [2.75, 3.05) is 51.9 Å². The van der Waals surface area contributed by atoms with Gasteiger partial charge in [-0.1, -0.05) is 26.0 Å².